The van der Waals surface area contributed by atoms with Gasteiger partial charge in [0.05, 0.1) is 28.5 Å². The van der Waals surface area contributed by atoms with Crippen molar-refractivity contribution in [2.45, 2.75) is 58.9 Å². The normalized spacial score (nSPS) is 14.5. The molecule has 0 saturated heterocycles. The van der Waals surface area contributed by atoms with Gasteiger partial charge in [0.15, 0.2) is 4.80 Å². The van der Waals surface area contributed by atoms with Crippen molar-refractivity contribution in [2.24, 2.45) is 4.99 Å². The highest BCUT2D eigenvalue weighted by molar-refractivity contribution is 7.07. The number of hydrogen-bond acceptors (Lipinski definition) is 7. The van der Waals surface area contributed by atoms with Gasteiger partial charge in [-0.1, -0.05) is 85.5 Å². The predicted molar refractivity (Wildman–Crippen MR) is 184 cm³/mol. The minimum atomic E-state index is -0.689. The molecular weight excluding hydrogens is 620 g/mol. The molecule has 0 amide bonds. The van der Waals surface area contributed by atoms with Gasteiger partial charge in [0.2, 0.25) is 0 Å². The van der Waals surface area contributed by atoms with Crippen molar-refractivity contribution < 1.29 is 19.0 Å². The van der Waals surface area contributed by atoms with Gasteiger partial charge in [-0.2, -0.15) is 0 Å². The van der Waals surface area contributed by atoms with Crippen molar-refractivity contribution in [1.29, 1.82) is 0 Å². The summed E-state index contributed by atoms with van der Waals surface area (Å²) in [5, 5.41) is 0.561. The first-order valence-corrected chi connectivity index (χ1v) is 17.0. The second kappa shape index (κ2) is 15.9. The van der Waals surface area contributed by atoms with Crippen LogP contribution in [0.1, 0.15) is 69.2 Å². The Balaban J connectivity index is 1.30. The van der Waals surface area contributed by atoms with Crippen molar-refractivity contribution in [1.82, 2.24) is 4.57 Å². The SMILES string of the molecule is CCCCCCc1ccc(OCCOc2cccc(/C=c3\sc4n(c3=O)[C@H](c3ccc(Cl)cc3)C(C(=O)OCC)=C(C)N=4)c2)cc1. The first kappa shape index (κ1) is 33.2. The first-order chi connectivity index (χ1) is 22.4. The Morgan fingerprint density at radius 2 is 1.70 bits per heavy atom. The van der Waals surface area contributed by atoms with Gasteiger partial charge in [-0.15, -0.1) is 0 Å². The molecule has 0 spiro atoms. The lowest BCUT2D eigenvalue weighted by Gasteiger charge is -2.24. The predicted octanol–water partition coefficient (Wildman–Crippen LogP) is 7.03. The highest BCUT2D eigenvalue weighted by atomic mass is 35.5. The minimum absolute atomic E-state index is 0.213. The highest BCUT2D eigenvalue weighted by Gasteiger charge is 2.33. The average Bonchev–Trinajstić information content (AvgIpc) is 3.35. The Bertz CT molecular complexity index is 1860. The molecule has 0 unspecified atom stereocenters. The van der Waals surface area contributed by atoms with Crippen LogP contribution in [0, 0.1) is 0 Å². The number of esters is 1. The topological polar surface area (TPSA) is 79.1 Å². The number of benzene rings is 3. The fourth-order valence-corrected chi connectivity index (χ4v) is 6.60. The van der Waals surface area contributed by atoms with Crippen LogP contribution in [0.25, 0.3) is 6.08 Å². The molecule has 3 aromatic carbocycles. The molecule has 1 aromatic heterocycles. The maximum atomic E-state index is 13.9. The van der Waals surface area contributed by atoms with E-state index in [1.54, 1.807) is 30.5 Å². The summed E-state index contributed by atoms with van der Waals surface area (Å²) < 4.78 is 19.3. The summed E-state index contributed by atoms with van der Waals surface area (Å²) in [6.45, 7) is 6.74. The summed E-state index contributed by atoms with van der Waals surface area (Å²) in [7, 11) is 0. The number of aromatic nitrogens is 1. The molecule has 1 atom stereocenters. The van der Waals surface area contributed by atoms with E-state index >= 15 is 0 Å². The van der Waals surface area contributed by atoms with Crippen LogP contribution >= 0.6 is 22.9 Å². The Morgan fingerprint density at radius 3 is 2.41 bits per heavy atom. The number of carbonyl (C=O) groups is 1. The summed E-state index contributed by atoms with van der Waals surface area (Å²) in [6.07, 6.45) is 7.94. The van der Waals surface area contributed by atoms with Gasteiger partial charge in [0, 0.05) is 5.02 Å². The third kappa shape index (κ3) is 8.17. The van der Waals surface area contributed by atoms with Crippen molar-refractivity contribution in [3.05, 3.63) is 125 Å². The number of halogens is 1. The molecule has 0 N–H and O–H groups in total. The molecule has 0 bridgehead atoms. The average molecular weight is 659 g/mol. The van der Waals surface area contributed by atoms with E-state index in [4.69, 9.17) is 25.8 Å². The van der Waals surface area contributed by atoms with Crippen molar-refractivity contribution >= 4 is 35.0 Å². The molecule has 4 aromatic rings. The number of aryl methyl sites for hydroxylation is 1. The van der Waals surface area contributed by atoms with Gasteiger partial charge >= 0.3 is 5.97 Å². The molecule has 46 heavy (non-hydrogen) atoms. The number of nitrogens with zero attached hydrogens (tertiary/aromatic N) is 2. The summed E-state index contributed by atoms with van der Waals surface area (Å²) in [6, 6.07) is 22.3. The lowest BCUT2D eigenvalue weighted by molar-refractivity contribution is -0.139. The quantitative estimate of drug-likeness (QED) is 0.107. The maximum absolute atomic E-state index is 13.9. The van der Waals surface area contributed by atoms with E-state index < -0.39 is 12.0 Å². The van der Waals surface area contributed by atoms with Gasteiger partial charge < -0.3 is 14.2 Å². The third-order valence-corrected chi connectivity index (χ3v) is 8.96. The standard InChI is InChI=1S/C37H39ClN2O5S/c1-4-6-7-8-10-26-13-19-30(20-14-26)44-21-22-45-31-12-9-11-27(23-31)24-32-35(41)40-34(28-15-17-29(38)18-16-28)33(36(42)43-5-2)25(3)39-37(40)46-32/h9,11-20,23-24,34H,4-8,10,21-22H2,1-3H3/b32-24-/t34-/m1/s1. The minimum Gasteiger partial charge on any atom is -0.490 e. The summed E-state index contributed by atoms with van der Waals surface area (Å²) in [5.74, 6) is 0.997. The molecule has 0 fully saturated rings. The third-order valence-electron chi connectivity index (χ3n) is 7.72. The van der Waals surface area contributed by atoms with Crippen LogP contribution in [0.3, 0.4) is 0 Å². The molecule has 5 rings (SSSR count). The summed E-state index contributed by atoms with van der Waals surface area (Å²) in [4.78, 5) is 32.1. The molecule has 2 heterocycles. The van der Waals surface area contributed by atoms with E-state index in [1.807, 2.05) is 54.6 Å². The maximum Gasteiger partial charge on any atom is 0.338 e. The number of fused-ring (bicyclic) bond motifs is 1. The molecule has 0 aliphatic carbocycles. The number of ether oxygens (including phenoxy) is 3. The molecule has 1 aliphatic heterocycles. The smallest absolute Gasteiger partial charge is 0.338 e. The molecular formula is C37H39ClN2O5S. The number of rotatable bonds is 14. The number of thiazole rings is 1. The van der Waals surface area contributed by atoms with Gasteiger partial charge in [0.1, 0.15) is 24.7 Å². The van der Waals surface area contributed by atoms with Crippen LogP contribution in [0.15, 0.2) is 93.9 Å². The van der Waals surface area contributed by atoms with Crippen LogP contribution in [-0.2, 0) is 16.0 Å². The second-order valence-electron chi connectivity index (χ2n) is 11.1. The van der Waals surface area contributed by atoms with Crippen LogP contribution in [0.5, 0.6) is 11.5 Å². The van der Waals surface area contributed by atoms with Gasteiger partial charge in [-0.25, -0.2) is 9.79 Å². The zero-order chi connectivity index (χ0) is 32.5. The zero-order valence-corrected chi connectivity index (χ0v) is 28.0. The molecule has 0 saturated carbocycles. The van der Waals surface area contributed by atoms with Crippen molar-refractivity contribution in [3.8, 4) is 11.5 Å². The van der Waals surface area contributed by atoms with Crippen LogP contribution in [-0.4, -0.2) is 30.4 Å². The number of allylic oxidation sites excluding steroid dienone is 1. The highest BCUT2D eigenvalue weighted by Crippen LogP contribution is 2.31. The Hall–Kier alpha value is -4.14. The number of carbonyl (C=O) groups excluding carboxylic acids is 1. The largest absolute Gasteiger partial charge is 0.490 e. The first-order valence-electron chi connectivity index (χ1n) is 15.8. The number of unbranched alkanes of at least 4 members (excludes halogenated alkanes) is 3. The van der Waals surface area contributed by atoms with E-state index in [2.05, 4.69) is 24.0 Å². The van der Waals surface area contributed by atoms with E-state index in [-0.39, 0.29) is 12.2 Å². The van der Waals surface area contributed by atoms with Gasteiger partial charge in [0.25, 0.3) is 5.56 Å². The second-order valence-corrected chi connectivity index (χ2v) is 12.5. The van der Waals surface area contributed by atoms with Crippen LogP contribution < -0.4 is 24.4 Å². The summed E-state index contributed by atoms with van der Waals surface area (Å²) >= 11 is 7.43. The van der Waals surface area contributed by atoms with Gasteiger partial charge in [-0.3, -0.25) is 9.36 Å². The Labute approximate surface area is 278 Å². The van der Waals surface area contributed by atoms with Crippen molar-refractivity contribution in [2.75, 3.05) is 19.8 Å². The lowest BCUT2D eigenvalue weighted by atomic mass is 9.96. The molecule has 9 heteroatoms. The zero-order valence-electron chi connectivity index (χ0n) is 26.5. The lowest BCUT2D eigenvalue weighted by Crippen LogP contribution is -2.39. The van der Waals surface area contributed by atoms with E-state index in [0.717, 1.165) is 23.3 Å². The number of hydrogen-bond donors (Lipinski definition) is 0. The summed E-state index contributed by atoms with van der Waals surface area (Å²) in [5.41, 5.74) is 3.48. The fourth-order valence-electron chi connectivity index (χ4n) is 5.42. The van der Waals surface area contributed by atoms with Crippen LogP contribution in [0.2, 0.25) is 5.02 Å². The van der Waals surface area contributed by atoms with Crippen LogP contribution in [0.4, 0.5) is 0 Å². The van der Waals surface area contributed by atoms with Gasteiger partial charge in [-0.05, 0) is 85.9 Å². The van der Waals surface area contributed by atoms with E-state index in [0.29, 0.717) is 44.6 Å². The monoisotopic (exact) mass is 658 g/mol. The van der Waals surface area contributed by atoms with E-state index in [9.17, 15) is 9.59 Å². The van der Waals surface area contributed by atoms with E-state index in [1.165, 1.54) is 42.6 Å². The Morgan fingerprint density at radius 1 is 0.957 bits per heavy atom. The molecule has 240 valence electrons. The Kier molecular flexibility index (Phi) is 11.5. The molecule has 0 radical (unpaired) electrons. The fraction of sp³-hybridized carbons (Fsp3) is 0.324. The molecule has 1 aliphatic rings. The van der Waals surface area contributed by atoms with Crippen molar-refractivity contribution in [3.63, 3.8) is 0 Å². The molecule has 7 nitrogen and oxygen atoms in total.